The molecule has 2 N–H and O–H groups in total. The minimum atomic E-state index is -0.175. The first-order valence-corrected chi connectivity index (χ1v) is 11.1. The first kappa shape index (κ1) is 20.8. The Balaban J connectivity index is 1.49. The molecule has 0 atom stereocenters. The molecule has 0 fully saturated rings. The summed E-state index contributed by atoms with van der Waals surface area (Å²) in [6, 6.07) is 28.0. The average Bonchev–Trinajstić information content (AvgIpc) is 3.25. The molecule has 0 spiro atoms. The van der Waals surface area contributed by atoms with Crippen LogP contribution in [0.1, 0.15) is 22.5 Å². The number of amides is 1. The first-order valence-electron chi connectivity index (χ1n) is 11.1. The molecule has 0 bridgehead atoms. The molecule has 5 rings (SSSR count). The molecule has 164 valence electrons. The third kappa shape index (κ3) is 4.17. The van der Waals surface area contributed by atoms with Gasteiger partial charge in [0.15, 0.2) is 0 Å². The number of benzene rings is 3. The molecule has 0 saturated heterocycles. The van der Waals surface area contributed by atoms with Gasteiger partial charge in [-0.25, -0.2) is 4.98 Å². The van der Waals surface area contributed by atoms with Crippen molar-refractivity contribution in [1.82, 2.24) is 15.3 Å². The van der Waals surface area contributed by atoms with Gasteiger partial charge in [-0.05, 0) is 42.7 Å². The SMILES string of the molecule is COc1ccccc1-c1nc(C(=O)NCCCc2ccccc2)cc2c1[nH]c1ccccc12. The monoisotopic (exact) mass is 435 g/mol. The maximum atomic E-state index is 13.1. The van der Waals surface area contributed by atoms with Crippen LogP contribution in [0.2, 0.25) is 0 Å². The van der Waals surface area contributed by atoms with Crippen LogP contribution in [0.25, 0.3) is 33.1 Å². The molecule has 33 heavy (non-hydrogen) atoms. The largest absolute Gasteiger partial charge is 0.496 e. The summed E-state index contributed by atoms with van der Waals surface area (Å²) >= 11 is 0. The highest BCUT2D eigenvalue weighted by atomic mass is 16.5. The Morgan fingerprint density at radius 1 is 0.939 bits per heavy atom. The lowest BCUT2D eigenvalue weighted by molar-refractivity contribution is 0.0948. The second-order valence-electron chi connectivity index (χ2n) is 7.99. The Kier molecular flexibility index (Phi) is 5.77. The molecule has 2 heterocycles. The Bertz CT molecular complexity index is 1420. The molecule has 1 amide bonds. The van der Waals surface area contributed by atoms with E-state index in [1.807, 2.05) is 66.7 Å². The van der Waals surface area contributed by atoms with Gasteiger partial charge in [-0.3, -0.25) is 4.79 Å². The fourth-order valence-electron chi connectivity index (χ4n) is 4.23. The number of pyridine rings is 1. The topological polar surface area (TPSA) is 67.0 Å². The zero-order valence-corrected chi connectivity index (χ0v) is 18.5. The number of nitrogens with zero attached hydrogens (tertiary/aromatic N) is 1. The first-order chi connectivity index (χ1) is 16.2. The molecular formula is C28H25N3O2. The van der Waals surface area contributed by atoms with Crippen LogP contribution in [0.3, 0.4) is 0 Å². The Hall–Kier alpha value is -4.12. The summed E-state index contributed by atoms with van der Waals surface area (Å²) in [7, 11) is 1.64. The molecule has 0 unspecified atom stereocenters. The number of ether oxygens (including phenoxy) is 1. The number of aryl methyl sites for hydroxylation is 1. The number of rotatable bonds is 7. The van der Waals surface area contributed by atoms with Gasteiger partial charge < -0.3 is 15.0 Å². The number of nitrogens with one attached hydrogen (secondary N) is 2. The predicted octanol–water partition coefficient (Wildman–Crippen LogP) is 5.75. The molecule has 0 radical (unpaired) electrons. The number of hydrogen-bond donors (Lipinski definition) is 2. The number of fused-ring (bicyclic) bond motifs is 3. The van der Waals surface area contributed by atoms with Gasteiger partial charge in [0.05, 0.1) is 18.3 Å². The van der Waals surface area contributed by atoms with E-state index in [1.165, 1.54) is 5.56 Å². The van der Waals surface area contributed by atoms with Crippen LogP contribution >= 0.6 is 0 Å². The van der Waals surface area contributed by atoms with Gasteiger partial charge in [0.25, 0.3) is 5.91 Å². The van der Waals surface area contributed by atoms with Crippen LogP contribution < -0.4 is 10.1 Å². The third-order valence-corrected chi connectivity index (χ3v) is 5.86. The van der Waals surface area contributed by atoms with Crippen molar-refractivity contribution in [2.24, 2.45) is 0 Å². The fraction of sp³-hybridized carbons (Fsp3) is 0.143. The van der Waals surface area contributed by atoms with E-state index < -0.39 is 0 Å². The van der Waals surface area contributed by atoms with Crippen molar-refractivity contribution < 1.29 is 9.53 Å². The molecule has 3 aromatic carbocycles. The van der Waals surface area contributed by atoms with E-state index in [9.17, 15) is 4.79 Å². The molecule has 0 aliphatic carbocycles. The third-order valence-electron chi connectivity index (χ3n) is 5.86. The highest BCUT2D eigenvalue weighted by molar-refractivity contribution is 6.13. The smallest absolute Gasteiger partial charge is 0.269 e. The summed E-state index contributed by atoms with van der Waals surface area (Å²) in [5.74, 6) is 0.539. The lowest BCUT2D eigenvalue weighted by Gasteiger charge is -2.11. The molecule has 0 aliphatic heterocycles. The number of carbonyl (C=O) groups is 1. The van der Waals surface area contributed by atoms with Gasteiger partial charge in [0.2, 0.25) is 0 Å². The number of methoxy groups -OCH3 is 1. The summed E-state index contributed by atoms with van der Waals surface area (Å²) in [6.07, 6.45) is 1.78. The lowest BCUT2D eigenvalue weighted by Crippen LogP contribution is -2.25. The van der Waals surface area contributed by atoms with Crippen LogP contribution in [-0.4, -0.2) is 29.5 Å². The molecule has 5 aromatic rings. The molecular weight excluding hydrogens is 410 g/mol. The van der Waals surface area contributed by atoms with Crippen LogP contribution in [0, 0.1) is 0 Å². The maximum absolute atomic E-state index is 13.1. The Morgan fingerprint density at radius 3 is 2.55 bits per heavy atom. The molecule has 5 heteroatoms. The summed E-state index contributed by atoms with van der Waals surface area (Å²) in [5.41, 5.74) is 5.11. The van der Waals surface area contributed by atoms with E-state index in [-0.39, 0.29) is 5.91 Å². The van der Waals surface area contributed by atoms with Gasteiger partial charge in [-0.2, -0.15) is 0 Å². The normalized spacial score (nSPS) is 11.1. The fourth-order valence-corrected chi connectivity index (χ4v) is 4.23. The number of carbonyl (C=O) groups excluding carboxylic acids is 1. The van der Waals surface area contributed by atoms with E-state index in [1.54, 1.807) is 7.11 Å². The number of aromatic amines is 1. The van der Waals surface area contributed by atoms with Crippen molar-refractivity contribution in [2.75, 3.05) is 13.7 Å². The molecule has 0 saturated carbocycles. The summed E-state index contributed by atoms with van der Waals surface area (Å²) < 4.78 is 5.59. The maximum Gasteiger partial charge on any atom is 0.269 e. The van der Waals surface area contributed by atoms with Crippen LogP contribution in [0.4, 0.5) is 0 Å². The van der Waals surface area contributed by atoms with E-state index in [4.69, 9.17) is 9.72 Å². The summed E-state index contributed by atoms with van der Waals surface area (Å²) in [6.45, 7) is 0.589. The highest BCUT2D eigenvalue weighted by Gasteiger charge is 2.18. The standard InChI is InChI=1S/C28H25N3O2/c1-33-25-16-8-6-14-21(25)26-27-22(20-13-5-7-15-23(20)30-27)18-24(31-26)28(32)29-17-9-12-19-10-3-2-4-11-19/h2-8,10-11,13-16,18,30H,9,12,17H2,1H3,(H,29,32). The van der Waals surface area contributed by atoms with Gasteiger partial charge in [0.1, 0.15) is 11.4 Å². The van der Waals surface area contributed by atoms with Crippen LogP contribution in [0.15, 0.2) is 84.9 Å². The molecule has 0 aliphatic rings. The van der Waals surface area contributed by atoms with Crippen molar-refractivity contribution in [3.05, 3.63) is 96.2 Å². The summed E-state index contributed by atoms with van der Waals surface area (Å²) in [4.78, 5) is 21.4. The second-order valence-corrected chi connectivity index (χ2v) is 7.99. The van der Waals surface area contributed by atoms with Gasteiger partial charge in [-0.1, -0.05) is 60.7 Å². The second kappa shape index (κ2) is 9.17. The van der Waals surface area contributed by atoms with Crippen LogP contribution in [0.5, 0.6) is 5.75 Å². The lowest BCUT2D eigenvalue weighted by atomic mass is 10.1. The number of H-pyrrole nitrogens is 1. The van der Waals surface area contributed by atoms with Gasteiger partial charge in [-0.15, -0.1) is 0 Å². The summed E-state index contributed by atoms with van der Waals surface area (Å²) in [5, 5.41) is 5.07. The number of aromatic nitrogens is 2. The van der Waals surface area contributed by atoms with Crippen molar-refractivity contribution in [1.29, 1.82) is 0 Å². The number of hydrogen-bond acceptors (Lipinski definition) is 3. The molecule has 2 aromatic heterocycles. The van der Waals surface area contributed by atoms with E-state index >= 15 is 0 Å². The minimum Gasteiger partial charge on any atom is -0.496 e. The Morgan fingerprint density at radius 2 is 1.70 bits per heavy atom. The van der Waals surface area contributed by atoms with Crippen LogP contribution in [-0.2, 0) is 6.42 Å². The van der Waals surface area contributed by atoms with Gasteiger partial charge >= 0.3 is 0 Å². The average molecular weight is 436 g/mol. The quantitative estimate of drug-likeness (QED) is 0.320. The van der Waals surface area contributed by atoms with Crippen molar-refractivity contribution in [3.8, 4) is 17.0 Å². The van der Waals surface area contributed by atoms with E-state index in [0.29, 0.717) is 23.7 Å². The van der Waals surface area contributed by atoms with E-state index in [2.05, 4.69) is 28.5 Å². The minimum absolute atomic E-state index is 0.175. The molecule has 5 nitrogen and oxygen atoms in total. The van der Waals surface area contributed by atoms with Crippen molar-refractivity contribution >= 4 is 27.7 Å². The zero-order chi connectivity index (χ0) is 22.6. The van der Waals surface area contributed by atoms with E-state index in [0.717, 1.165) is 40.2 Å². The zero-order valence-electron chi connectivity index (χ0n) is 18.5. The highest BCUT2D eigenvalue weighted by Crippen LogP contribution is 2.36. The Labute approximate surface area is 192 Å². The van der Waals surface area contributed by atoms with Gasteiger partial charge in [0, 0.05) is 28.4 Å². The predicted molar refractivity (Wildman–Crippen MR) is 133 cm³/mol. The van der Waals surface area contributed by atoms with Crippen molar-refractivity contribution in [2.45, 2.75) is 12.8 Å². The number of para-hydroxylation sites is 2. The van der Waals surface area contributed by atoms with Crippen molar-refractivity contribution in [3.63, 3.8) is 0 Å².